The van der Waals surface area contributed by atoms with E-state index in [1.165, 1.54) is 27.1 Å². The number of nitriles is 1. The lowest BCUT2D eigenvalue weighted by Crippen LogP contribution is -2.61. The third kappa shape index (κ3) is 11.0. The third-order valence-corrected chi connectivity index (χ3v) is 27.2. The summed E-state index contributed by atoms with van der Waals surface area (Å²) in [7, 11) is 0. The highest BCUT2D eigenvalue weighted by molar-refractivity contribution is 7.00. The van der Waals surface area contributed by atoms with Gasteiger partial charge in [-0.2, -0.15) is 5.26 Å². The van der Waals surface area contributed by atoms with Crippen LogP contribution >= 0.6 is 0 Å². The van der Waals surface area contributed by atoms with Gasteiger partial charge in [-0.25, -0.2) is 0 Å². The number of nitrogens with zero attached hydrogens (tertiary/aromatic N) is 6. The lowest BCUT2D eigenvalue weighted by Gasteiger charge is -2.45. The number of aromatic nitrogens is 3. The van der Waals surface area contributed by atoms with Crippen LogP contribution in [0.2, 0.25) is 0 Å². The van der Waals surface area contributed by atoms with E-state index in [-0.39, 0.29) is 5.41 Å². The van der Waals surface area contributed by atoms with Gasteiger partial charge >= 0.3 is 0 Å². The fraction of sp³-hybridized carbons (Fsp3) is 0.0336. The summed E-state index contributed by atoms with van der Waals surface area (Å²) in [6.07, 6.45) is 0. The molecule has 0 amide bonds. The van der Waals surface area contributed by atoms with Gasteiger partial charge in [-0.05, 0) is 217 Å². The molecule has 0 bridgehead atoms. The summed E-state index contributed by atoms with van der Waals surface area (Å²) in [5.74, 6) is 0. The van der Waals surface area contributed by atoms with Crippen LogP contribution in [0, 0.1) is 11.3 Å². The SMILES string of the molecule is CC(C)(C)c1ccc(N2c3cc(-c4c(-c5ccc6c(c5)oc5ccccc56)cccc4-n4c5ccccc5c5ccccc54)ccc3B3c4ccc(-n5c6ccccc6c6cc(C#N)ccc65)cc4N(c4ccccc4-c4ccccc4)c4cc(-c5c(-c6ccc7c(c6)oc6ccccc67)cccc5-n5c6ccccc6c6ccccc65)cc2c43)c(-c2ccccc2)c1. The molecule has 0 radical (unpaired) electrons. The first-order valence-corrected chi connectivity index (χ1v) is 44.0. The molecule has 0 spiro atoms. The van der Waals surface area contributed by atoms with Crippen molar-refractivity contribution in [1.82, 2.24) is 13.7 Å². The summed E-state index contributed by atoms with van der Waals surface area (Å²) in [5, 5.41) is 21.7. The van der Waals surface area contributed by atoms with E-state index in [1.807, 2.05) is 6.07 Å². The molecule has 0 saturated carbocycles. The van der Waals surface area contributed by atoms with Gasteiger partial charge in [0.1, 0.15) is 22.3 Å². The summed E-state index contributed by atoms with van der Waals surface area (Å²) in [6.45, 7) is 6.60. The Bertz CT molecular complexity index is 8760. The normalized spacial score (nSPS) is 12.6. The standard InChI is InChI=1S/C119H77BN6O2/c1-119(2,3)80-56-63-104(94(70-80)75-30-8-5-9-31-75)126-108-65-78(116-83(76-53-58-92-90-38-16-24-50-112(90)127-114(92)68-76)40-26-48-106(116)123-100-44-20-11-33-85(100)86-34-12-21-45-101(86)123)55-60-96(108)120-97-61-57-81(122-99-43-19-15-37-89(99)95-64-73(72-121)52-62-105(95)122)71-109(97)125(98-42-18-10-32-82(98)74-28-6-4-7-29-74)110-66-79(67-111(126)118(110)120)117-84(77-54-59-93-91-39-17-25-51-113(91)128-115(93)69-77)41-27-49-107(117)124-102-46-22-13-35-87(102)88-36-14-23-47-103(88)124/h4-71H,1-3H3. The molecule has 24 aromatic rings. The Balaban J connectivity index is 0.837. The summed E-state index contributed by atoms with van der Waals surface area (Å²) < 4.78 is 21.2. The molecule has 0 saturated heterocycles. The summed E-state index contributed by atoms with van der Waals surface area (Å²) in [6, 6.07) is 155. The third-order valence-electron chi connectivity index (χ3n) is 27.2. The molecule has 26 rings (SSSR count). The number of fused-ring (bicyclic) bond motifs is 19. The average molecular weight is 1630 g/mol. The van der Waals surface area contributed by atoms with Crippen LogP contribution in [-0.2, 0) is 5.41 Å². The predicted molar refractivity (Wildman–Crippen MR) is 534 cm³/mol. The van der Waals surface area contributed by atoms with Gasteiger partial charge in [0.25, 0.3) is 6.71 Å². The Kier molecular flexibility index (Phi) is 16.1. The molecular formula is C119H77BN6O2. The van der Waals surface area contributed by atoms with Crippen molar-refractivity contribution in [3.63, 3.8) is 0 Å². The lowest BCUT2D eigenvalue weighted by molar-refractivity contribution is 0.590. The Hall–Kier alpha value is -16.7. The lowest BCUT2D eigenvalue weighted by atomic mass is 9.33. The van der Waals surface area contributed by atoms with E-state index in [9.17, 15) is 5.26 Å². The number of hydrogen-bond donors (Lipinski definition) is 0. The summed E-state index contributed by atoms with van der Waals surface area (Å²) >= 11 is 0. The van der Waals surface area contributed by atoms with E-state index in [2.05, 4.69) is 457 Å². The second kappa shape index (κ2) is 28.2. The molecule has 598 valence electrons. The van der Waals surface area contributed by atoms with Crippen LogP contribution in [-0.4, -0.2) is 20.4 Å². The molecule has 19 aromatic carbocycles. The molecule has 0 aliphatic carbocycles. The molecule has 9 heteroatoms. The quantitative estimate of drug-likeness (QED) is 0.121. The molecule has 0 N–H and O–H groups in total. The Morgan fingerprint density at radius 1 is 0.250 bits per heavy atom. The summed E-state index contributed by atoms with van der Waals surface area (Å²) in [4.78, 5) is 5.30. The zero-order valence-corrected chi connectivity index (χ0v) is 70.3. The van der Waals surface area contributed by atoms with Crippen LogP contribution in [0.15, 0.2) is 421 Å². The molecule has 7 heterocycles. The van der Waals surface area contributed by atoms with Gasteiger partial charge < -0.3 is 32.3 Å². The first-order chi connectivity index (χ1) is 63.1. The Morgan fingerprint density at radius 2 is 0.656 bits per heavy atom. The van der Waals surface area contributed by atoms with E-state index in [0.717, 1.165) is 222 Å². The van der Waals surface area contributed by atoms with E-state index in [0.29, 0.717) is 5.56 Å². The largest absolute Gasteiger partial charge is 0.456 e. The van der Waals surface area contributed by atoms with Crippen molar-refractivity contribution in [2.75, 3.05) is 9.80 Å². The molecular weight excluding hydrogens is 1560 g/mol. The minimum atomic E-state index is -0.394. The van der Waals surface area contributed by atoms with Crippen molar-refractivity contribution in [1.29, 1.82) is 5.26 Å². The highest BCUT2D eigenvalue weighted by Crippen LogP contribution is 2.55. The van der Waals surface area contributed by atoms with E-state index < -0.39 is 6.71 Å². The van der Waals surface area contributed by atoms with E-state index >= 15 is 0 Å². The molecule has 0 atom stereocenters. The van der Waals surface area contributed by atoms with Crippen LogP contribution in [0.1, 0.15) is 31.9 Å². The number of furan rings is 2. The van der Waals surface area contributed by atoms with Crippen LogP contribution in [0.3, 0.4) is 0 Å². The fourth-order valence-corrected chi connectivity index (χ4v) is 21.5. The van der Waals surface area contributed by atoms with Crippen LogP contribution < -0.4 is 26.2 Å². The van der Waals surface area contributed by atoms with Crippen molar-refractivity contribution < 1.29 is 8.83 Å². The predicted octanol–water partition coefficient (Wildman–Crippen LogP) is 30.0. The molecule has 2 aliphatic heterocycles. The Morgan fingerprint density at radius 3 is 1.20 bits per heavy atom. The molecule has 2 aliphatic rings. The van der Waals surface area contributed by atoms with Crippen LogP contribution in [0.25, 0.3) is 193 Å². The number of hydrogen-bond acceptors (Lipinski definition) is 5. The second-order valence-corrected chi connectivity index (χ2v) is 35.2. The van der Waals surface area contributed by atoms with E-state index in [1.54, 1.807) is 0 Å². The minimum absolute atomic E-state index is 0.232. The summed E-state index contributed by atoms with van der Waals surface area (Å²) in [5.41, 5.74) is 36.7. The zero-order chi connectivity index (χ0) is 84.7. The highest BCUT2D eigenvalue weighted by atomic mass is 16.3. The van der Waals surface area contributed by atoms with Crippen molar-refractivity contribution in [2.45, 2.75) is 26.2 Å². The Labute approximate surface area is 738 Å². The van der Waals surface area contributed by atoms with Crippen molar-refractivity contribution in [3.8, 4) is 89.9 Å². The smallest absolute Gasteiger partial charge is 0.252 e. The maximum atomic E-state index is 10.6. The van der Waals surface area contributed by atoms with E-state index in [4.69, 9.17) is 8.83 Å². The number of benzene rings is 19. The van der Waals surface area contributed by atoms with Crippen molar-refractivity contribution in [2.24, 2.45) is 0 Å². The van der Waals surface area contributed by atoms with Gasteiger partial charge in [0.05, 0.1) is 67.5 Å². The molecule has 5 aromatic heterocycles. The minimum Gasteiger partial charge on any atom is -0.456 e. The van der Waals surface area contributed by atoms with Crippen molar-refractivity contribution >= 4 is 167 Å². The number of para-hydroxylation sites is 8. The zero-order valence-electron chi connectivity index (χ0n) is 70.3. The van der Waals surface area contributed by atoms with Gasteiger partial charge in [-0.3, -0.25) is 0 Å². The molecule has 0 unspecified atom stereocenters. The number of rotatable bonds is 11. The maximum Gasteiger partial charge on any atom is 0.252 e. The average Bonchev–Trinajstić information content (AvgIpc) is 0.773. The molecule has 8 nitrogen and oxygen atoms in total. The monoisotopic (exact) mass is 1630 g/mol. The van der Waals surface area contributed by atoms with Gasteiger partial charge in [-0.1, -0.05) is 288 Å². The van der Waals surface area contributed by atoms with Gasteiger partial charge in [-0.15, -0.1) is 0 Å². The van der Waals surface area contributed by atoms with Gasteiger partial charge in [0.2, 0.25) is 0 Å². The van der Waals surface area contributed by atoms with Gasteiger partial charge in [0.15, 0.2) is 0 Å². The second-order valence-electron chi connectivity index (χ2n) is 35.2. The maximum absolute atomic E-state index is 10.6. The van der Waals surface area contributed by atoms with Crippen LogP contribution in [0.5, 0.6) is 0 Å². The van der Waals surface area contributed by atoms with Gasteiger partial charge in [0, 0.05) is 105 Å². The molecule has 128 heavy (non-hydrogen) atoms. The fourth-order valence-electron chi connectivity index (χ4n) is 21.5. The topological polar surface area (TPSA) is 71.3 Å². The highest BCUT2D eigenvalue weighted by Gasteiger charge is 2.46. The number of anilines is 6. The van der Waals surface area contributed by atoms with Crippen molar-refractivity contribution in [3.05, 3.63) is 424 Å². The first-order valence-electron chi connectivity index (χ1n) is 44.0. The van der Waals surface area contributed by atoms with Crippen LogP contribution in [0.4, 0.5) is 34.1 Å². The first kappa shape index (κ1) is 72.9. The molecule has 0 fully saturated rings.